The van der Waals surface area contributed by atoms with E-state index in [1.165, 1.54) is 0 Å². The Balaban J connectivity index is 2.18. The highest BCUT2D eigenvalue weighted by molar-refractivity contribution is 14.1. The third kappa shape index (κ3) is 3.79. The number of hydrogen-bond donors (Lipinski definition) is 0. The van der Waals surface area contributed by atoms with Crippen molar-refractivity contribution in [3.05, 3.63) is 61.6 Å². The van der Waals surface area contributed by atoms with E-state index in [0.29, 0.717) is 6.42 Å². The van der Waals surface area contributed by atoms with Crippen LogP contribution in [0.1, 0.15) is 15.9 Å². The fourth-order valence-corrected chi connectivity index (χ4v) is 2.73. The van der Waals surface area contributed by atoms with Gasteiger partial charge in [0.2, 0.25) is 0 Å². The van der Waals surface area contributed by atoms with Crippen LogP contribution < -0.4 is 4.74 Å². The maximum Gasteiger partial charge on any atom is 0.168 e. The Morgan fingerprint density at radius 1 is 1.21 bits per heavy atom. The number of ketones is 1. The number of hydrogen-bond acceptors (Lipinski definition) is 2. The number of halogens is 2. The molecule has 2 nitrogen and oxygen atoms in total. The zero-order chi connectivity index (χ0) is 13.8. The molecule has 0 unspecified atom stereocenters. The molecule has 98 valence electrons. The minimum atomic E-state index is 0.121. The van der Waals surface area contributed by atoms with E-state index >= 15 is 0 Å². The summed E-state index contributed by atoms with van der Waals surface area (Å²) >= 11 is 5.58. The first-order valence-electron chi connectivity index (χ1n) is 5.71. The van der Waals surface area contributed by atoms with Crippen molar-refractivity contribution in [2.45, 2.75) is 6.42 Å². The Kier molecular flexibility index (Phi) is 4.99. The van der Waals surface area contributed by atoms with Crippen LogP contribution in [0.25, 0.3) is 0 Å². The van der Waals surface area contributed by atoms with Crippen molar-refractivity contribution >= 4 is 44.3 Å². The molecule has 0 aliphatic carbocycles. The zero-order valence-corrected chi connectivity index (χ0v) is 14.1. The molecule has 0 aromatic heterocycles. The molecule has 0 amide bonds. The Labute approximate surface area is 134 Å². The molecule has 0 heterocycles. The highest BCUT2D eigenvalue weighted by Crippen LogP contribution is 2.21. The molecule has 0 N–H and O–H groups in total. The first-order chi connectivity index (χ1) is 9.10. The summed E-state index contributed by atoms with van der Waals surface area (Å²) in [6.07, 6.45) is 0.399. The van der Waals surface area contributed by atoms with E-state index in [1.807, 2.05) is 42.5 Å². The van der Waals surface area contributed by atoms with Crippen LogP contribution in [0.3, 0.4) is 0 Å². The van der Waals surface area contributed by atoms with E-state index in [9.17, 15) is 4.79 Å². The fraction of sp³-hybridized carbons (Fsp3) is 0.133. The van der Waals surface area contributed by atoms with Crippen molar-refractivity contribution in [1.29, 1.82) is 0 Å². The number of methoxy groups -OCH3 is 1. The van der Waals surface area contributed by atoms with Gasteiger partial charge in [-0.2, -0.15) is 0 Å². The molecule has 2 aromatic rings. The molecule has 0 radical (unpaired) electrons. The average molecular weight is 431 g/mol. The van der Waals surface area contributed by atoms with Crippen molar-refractivity contribution in [1.82, 2.24) is 0 Å². The van der Waals surface area contributed by atoms with Crippen LogP contribution in [0.15, 0.2) is 46.9 Å². The summed E-state index contributed by atoms with van der Waals surface area (Å²) in [5, 5.41) is 0. The van der Waals surface area contributed by atoms with Crippen LogP contribution in [-0.4, -0.2) is 12.9 Å². The third-order valence-electron chi connectivity index (χ3n) is 2.75. The lowest BCUT2D eigenvalue weighted by molar-refractivity contribution is 0.0992. The summed E-state index contributed by atoms with van der Waals surface area (Å²) in [5.74, 6) is 0.920. The first kappa shape index (κ1) is 14.5. The molecule has 19 heavy (non-hydrogen) atoms. The second-order valence-corrected chi connectivity index (χ2v) is 6.15. The van der Waals surface area contributed by atoms with Gasteiger partial charge in [0.1, 0.15) is 5.75 Å². The average Bonchev–Trinajstić information content (AvgIpc) is 2.42. The van der Waals surface area contributed by atoms with Crippen LogP contribution >= 0.6 is 38.5 Å². The normalized spacial score (nSPS) is 10.3. The number of Topliss-reactive ketones (excluding diaryl/α,β-unsaturated/α-hetero) is 1. The largest absolute Gasteiger partial charge is 0.497 e. The zero-order valence-electron chi connectivity index (χ0n) is 10.3. The van der Waals surface area contributed by atoms with Gasteiger partial charge in [-0.1, -0.05) is 28.1 Å². The number of rotatable bonds is 4. The van der Waals surface area contributed by atoms with Gasteiger partial charge in [-0.15, -0.1) is 0 Å². The Morgan fingerprint density at radius 2 is 1.89 bits per heavy atom. The van der Waals surface area contributed by atoms with E-state index in [0.717, 1.165) is 24.9 Å². The van der Waals surface area contributed by atoms with Crippen LogP contribution in [-0.2, 0) is 6.42 Å². The summed E-state index contributed by atoms with van der Waals surface area (Å²) in [6.45, 7) is 0. The third-order valence-corrected chi connectivity index (χ3v) is 4.19. The Hall–Kier alpha value is -0.880. The van der Waals surface area contributed by atoms with Gasteiger partial charge in [-0.3, -0.25) is 4.79 Å². The Bertz CT molecular complexity index is 594. The van der Waals surface area contributed by atoms with E-state index in [-0.39, 0.29) is 5.78 Å². The fourth-order valence-electron chi connectivity index (χ4n) is 1.74. The topological polar surface area (TPSA) is 26.3 Å². The smallest absolute Gasteiger partial charge is 0.168 e. The standard InChI is InChI=1S/C15H12BrIO2/c1-19-12-5-2-10(3-6-12)8-15(18)13-9-11(16)4-7-14(13)17/h2-7,9H,8H2,1H3. The minimum Gasteiger partial charge on any atom is -0.497 e. The van der Waals surface area contributed by atoms with Crippen LogP contribution in [0.4, 0.5) is 0 Å². The summed E-state index contributed by atoms with van der Waals surface area (Å²) in [7, 11) is 1.63. The molecule has 0 spiro atoms. The quantitative estimate of drug-likeness (QED) is 0.527. The molecule has 0 atom stereocenters. The van der Waals surface area contributed by atoms with Gasteiger partial charge in [0, 0.05) is 20.0 Å². The number of carbonyl (C=O) groups is 1. The predicted octanol–water partition coefficient (Wildman–Crippen LogP) is 4.49. The molecule has 2 aromatic carbocycles. The summed E-state index contributed by atoms with van der Waals surface area (Å²) in [5.41, 5.74) is 1.74. The molecular weight excluding hydrogens is 419 g/mol. The molecule has 0 aliphatic rings. The van der Waals surface area contributed by atoms with Gasteiger partial charge >= 0.3 is 0 Å². The maximum atomic E-state index is 12.3. The van der Waals surface area contributed by atoms with Crippen LogP contribution in [0.2, 0.25) is 0 Å². The molecular formula is C15H12BrIO2. The number of benzene rings is 2. The monoisotopic (exact) mass is 430 g/mol. The van der Waals surface area contributed by atoms with Crippen molar-refractivity contribution in [2.24, 2.45) is 0 Å². The van der Waals surface area contributed by atoms with Gasteiger partial charge in [0.25, 0.3) is 0 Å². The van der Waals surface area contributed by atoms with E-state index < -0.39 is 0 Å². The lowest BCUT2D eigenvalue weighted by Gasteiger charge is -2.06. The van der Waals surface area contributed by atoms with Gasteiger partial charge in [0.15, 0.2) is 5.78 Å². The molecule has 0 aliphatic heterocycles. The summed E-state index contributed by atoms with van der Waals surface area (Å²) in [6, 6.07) is 13.3. The van der Waals surface area contributed by atoms with Crippen LogP contribution in [0, 0.1) is 3.57 Å². The van der Waals surface area contributed by atoms with Crippen molar-refractivity contribution in [2.75, 3.05) is 7.11 Å². The minimum absolute atomic E-state index is 0.121. The second-order valence-electron chi connectivity index (χ2n) is 4.07. The highest BCUT2D eigenvalue weighted by Gasteiger charge is 2.11. The molecule has 2 rings (SSSR count). The molecule has 0 saturated heterocycles. The second kappa shape index (κ2) is 6.52. The van der Waals surface area contributed by atoms with E-state index in [1.54, 1.807) is 7.11 Å². The molecule has 0 fully saturated rings. The van der Waals surface area contributed by atoms with Crippen molar-refractivity contribution in [3.63, 3.8) is 0 Å². The summed E-state index contributed by atoms with van der Waals surface area (Å²) in [4.78, 5) is 12.3. The maximum absolute atomic E-state index is 12.3. The van der Waals surface area contributed by atoms with Gasteiger partial charge in [0.05, 0.1) is 7.11 Å². The SMILES string of the molecule is COc1ccc(CC(=O)c2cc(Br)ccc2I)cc1. The number of carbonyl (C=O) groups excluding carboxylic acids is 1. The van der Waals surface area contributed by atoms with E-state index in [4.69, 9.17) is 4.74 Å². The lowest BCUT2D eigenvalue weighted by atomic mass is 10.0. The van der Waals surface area contributed by atoms with Crippen molar-refractivity contribution in [3.8, 4) is 5.75 Å². The van der Waals surface area contributed by atoms with Crippen molar-refractivity contribution < 1.29 is 9.53 Å². The molecule has 0 bridgehead atoms. The van der Waals surface area contributed by atoms with Crippen LogP contribution in [0.5, 0.6) is 5.75 Å². The van der Waals surface area contributed by atoms with Gasteiger partial charge in [-0.25, -0.2) is 0 Å². The molecule has 4 heteroatoms. The van der Waals surface area contributed by atoms with Gasteiger partial charge in [-0.05, 0) is 58.5 Å². The van der Waals surface area contributed by atoms with Gasteiger partial charge < -0.3 is 4.74 Å². The highest BCUT2D eigenvalue weighted by atomic mass is 127. The molecule has 0 saturated carbocycles. The predicted molar refractivity (Wildman–Crippen MR) is 87.9 cm³/mol. The first-order valence-corrected chi connectivity index (χ1v) is 7.58. The summed E-state index contributed by atoms with van der Waals surface area (Å²) < 4.78 is 7.00. The lowest BCUT2D eigenvalue weighted by Crippen LogP contribution is -2.05. The van der Waals surface area contributed by atoms with E-state index in [2.05, 4.69) is 38.5 Å². The Morgan fingerprint density at radius 3 is 2.53 bits per heavy atom. The number of ether oxygens (including phenoxy) is 1.